The third kappa shape index (κ3) is 3.01. The summed E-state index contributed by atoms with van der Waals surface area (Å²) in [5.41, 5.74) is 0.739. The Balaban J connectivity index is 1.93. The number of Topliss-reactive ketones (excluding diaryl/α,β-unsaturated/α-hetero) is 1. The Bertz CT molecular complexity index is 830. The SMILES string of the molecule is COc1ccc(/C=C2\Oc3cc(O)ccc3C2=O)cc1OC(F)F. The molecule has 0 spiro atoms. The average molecular weight is 334 g/mol. The van der Waals surface area contributed by atoms with Gasteiger partial charge in [0.25, 0.3) is 0 Å². The van der Waals surface area contributed by atoms with E-state index in [1.54, 1.807) is 6.07 Å². The standard InChI is InChI=1S/C17H12F2O5/c1-22-12-5-2-9(6-14(12)24-17(18)19)7-15-16(21)11-4-3-10(20)8-13(11)23-15/h2-8,17,20H,1H3/b15-7-. The largest absolute Gasteiger partial charge is 0.508 e. The molecule has 7 heteroatoms. The molecule has 5 nitrogen and oxygen atoms in total. The first-order valence-corrected chi connectivity index (χ1v) is 6.88. The zero-order chi connectivity index (χ0) is 17.3. The Morgan fingerprint density at radius 1 is 1.17 bits per heavy atom. The number of phenols is 1. The second kappa shape index (κ2) is 6.19. The van der Waals surface area contributed by atoms with Gasteiger partial charge in [-0.1, -0.05) is 6.07 Å². The van der Waals surface area contributed by atoms with Crippen LogP contribution >= 0.6 is 0 Å². The molecule has 0 radical (unpaired) electrons. The monoisotopic (exact) mass is 334 g/mol. The van der Waals surface area contributed by atoms with Crippen molar-refractivity contribution in [2.75, 3.05) is 7.11 Å². The lowest BCUT2D eigenvalue weighted by Gasteiger charge is -2.10. The van der Waals surface area contributed by atoms with Gasteiger partial charge in [-0.15, -0.1) is 0 Å². The van der Waals surface area contributed by atoms with Crippen LogP contribution in [0.1, 0.15) is 15.9 Å². The minimum atomic E-state index is -3.00. The molecule has 0 fully saturated rings. The highest BCUT2D eigenvalue weighted by atomic mass is 19.3. The normalized spacial score (nSPS) is 14.7. The highest BCUT2D eigenvalue weighted by molar-refractivity contribution is 6.14. The van der Waals surface area contributed by atoms with Crippen LogP contribution in [0.3, 0.4) is 0 Å². The van der Waals surface area contributed by atoms with E-state index in [1.165, 1.54) is 43.5 Å². The van der Waals surface area contributed by atoms with Crippen molar-refractivity contribution in [3.63, 3.8) is 0 Å². The molecule has 1 N–H and O–H groups in total. The van der Waals surface area contributed by atoms with Crippen LogP contribution in [0.4, 0.5) is 8.78 Å². The number of phenolic OH excluding ortho intramolecular Hbond substituents is 1. The molecule has 2 aromatic carbocycles. The third-order valence-electron chi connectivity index (χ3n) is 3.36. The number of carbonyl (C=O) groups is 1. The van der Waals surface area contributed by atoms with Gasteiger partial charge in [0.1, 0.15) is 11.5 Å². The van der Waals surface area contributed by atoms with E-state index in [1.807, 2.05) is 0 Å². The van der Waals surface area contributed by atoms with Crippen LogP contribution in [-0.4, -0.2) is 24.6 Å². The lowest BCUT2D eigenvalue weighted by molar-refractivity contribution is -0.0512. The minimum Gasteiger partial charge on any atom is -0.508 e. The second-order valence-corrected chi connectivity index (χ2v) is 4.91. The fourth-order valence-electron chi connectivity index (χ4n) is 2.30. The summed E-state index contributed by atoms with van der Waals surface area (Å²) in [7, 11) is 1.33. The number of hydrogen-bond donors (Lipinski definition) is 1. The van der Waals surface area contributed by atoms with Crippen molar-refractivity contribution in [2.45, 2.75) is 6.61 Å². The lowest BCUT2D eigenvalue weighted by atomic mass is 10.1. The predicted octanol–water partition coefficient (Wildman–Crippen LogP) is 3.62. The first-order chi connectivity index (χ1) is 11.5. The molecule has 2 aromatic rings. The van der Waals surface area contributed by atoms with Gasteiger partial charge in [-0.3, -0.25) is 4.79 Å². The summed E-state index contributed by atoms with van der Waals surface area (Å²) < 4.78 is 39.7. The Hall–Kier alpha value is -3.09. The smallest absolute Gasteiger partial charge is 0.387 e. The van der Waals surface area contributed by atoms with Crippen molar-refractivity contribution >= 4 is 11.9 Å². The number of aromatic hydroxyl groups is 1. The number of carbonyl (C=O) groups excluding carboxylic acids is 1. The number of ketones is 1. The number of allylic oxidation sites excluding steroid dienone is 1. The number of hydrogen-bond acceptors (Lipinski definition) is 5. The van der Waals surface area contributed by atoms with Gasteiger partial charge in [0.05, 0.1) is 12.7 Å². The summed E-state index contributed by atoms with van der Waals surface area (Å²) in [6.07, 6.45) is 1.40. The van der Waals surface area contributed by atoms with E-state index in [0.29, 0.717) is 11.1 Å². The van der Waals surface area contributed by atoms with E-state index < -0.39 is 6.61 Å². The van der Waals surface area contributed by atoms with Crippen molar-refractivity contribution in [3.8, 4) is 23.0 Å². The average Bonchev–Trinajstić information content (AvgIpc) is 2.82. The zero-order valence-corrected chi connectivity index (χ0v) is 12.5. The van der Waals surface area contributed by atoms with E-state index in [2.05, 4.69) is 4.74 Å². The number of benzene rings is 2. The van der Waals surface area contributed by atoms with Crippen LogP contribution in [0.2, 0.25) is 0 Å². The number of methoxy groups -OCH3 is 1. The highest BCUT2D eigenvalue weighted by Gasteiger charge is 2.27. The summed E-state index contributed by atoms with van der Waals surface area (Å²) in [5, 5.41) is 9.42. The quantitative estimate of drug-likeness (QED) is 0.865. The molecule has 0 aromatic heterocycles. The second-order valence-electron chi connectivity index (χ2n) is 4.91. The van der Waals surface area contributed by atoms with Gasteiger partial charge < -0.3 is 19.3 Å². The van der Waals surface area contributed by atoms with Gasteiger partial charge >= 0.3 is 6.61 Å². The molecule has 0 saturated carbocycles. The molecule has 0 saturated heterocycles. The maximum absolute atomic E-state index is 12.5. The maximum atomic E-state index is 12.5. The van der Waals surface area contributed by atoms with Crippen LogP contribution in [0.5, 0.6) is 23.0 Å². The van der Waals surface area contributed by atoms with Crippen LogP contribution < -0.4 is 14.2 Å². The van der Waals surface area contributed by atoms with E-state index >= 15 is 0 Å². The number of ether oxygens (including phenoxy) is 3. The first-order valence-electron chi connectivity index (χ1n) is 6.88. The van der Waals surface area contributed by atoms with Crippen molar-refractivity contribution in [1.82, 2.24) is 0 Å². The van der Waals surface area contributed by atoms with Crippen LogP contribution in [-0.2, 0) is 0 Å². The molecule has 0 amide bonds. The van der Waals surface area contributed by atoms with Gasteiger partial charge in [-0.05, 0) is 35.9 Å². The summed E-state index contributed by atoms with van der Waals surface area (Å²) in [6.45, 7) is -3.00. The minimum absolute atomic E-state index is 0.0174. The molecular formula is C17H12F2O5. The Morgan fingerprint density at radius 2 is 1.96 bits per heavy atom. The van der Waals surface area contributed by atoms with Crippen molar-refractivity contribution in [2.24, 2.45) is 0 Å². The van der Waals surface area contributed by atoms with Gasteiger partial charge in [-0.25, -0.2) is 0 Å². The molecule has 1 heterocycles. The Labute approximate surface area is 135 Å². The fraction of sp³-hybridized carbons (Fsp3) is 0.118. The topological polar surface area (TPSA) is 65.0 Å². The van der Waals surface area contributed by atoms with E-state index in [9.17, 15) is 18.7 Å². The van der Waals surface area contributed by atoms with Crippen molar-refractivity contribution < 1.29 is 32.9 Å². The molecular weight excluding hydrogens is 322 g/mol. The maximum Gasteiger partial charge on any atom is 0.387 e. The van der Waals surface area contributed by atoms with Gasteiger partial charge in [-0.2, -0.15) is 8.78 Å². The van der Waals surface area contributed by atoms with Gasteiger partial charge in [0.2, 0.25) is 5.78 Å². The van der Waals surface area contributed by atoms with Gasteiger partial charge in [0.15, 0.2) is 17.3 Å². The number of alkyl halides is 2. The summed E-state index contributed by atoms with van der Waals surface area (Å²) in [6, 6.07) is 8.49. The summed E-state index contributed by atoms with van der Waals surface area (Å²) in [5.74, 6) is -0.142. The van der Waals surface area contributed by atoms with Crippen molar-refractivity contribution in [1.29, 1.82) is 0 Å². The van der Waals surface area contributed by atoms with Crippen LogP contribution in [0, 0.1) is 0 Å². The molecule has 3 rings (SSSR count). The van der Waals surface area contributed by atoms with E-state index in [0.717, 1.165) is 0 Å². The molecule has 0 bridgehead atoms. The Kier molecular flexibility index (Phi) is 4.07. The van der Waals surface area contributed by atoms with Gasteiger partial charge in [0, 0.05) is 6.07 Å². The third-order valence-corrected chi connectivity index (χ3v) is 3.36. The molecule has 1 aliphatic heterocycles. The molecule has 0 atom stereocenters. The number of halogens is 2. The van der Waals surface area contributed by atoms with Crippen molar-refractivity contribution in [3.05, 3.63) is 53.3 Å². The molecule has 0 aliphatic carbocycles. The Morgan fingerprint density at radius 3 is 2.67 bits per heavy atom. The molecule has 24 heavy (non-hydrogen) atoms. The molecule has 0 unspecified atom stereocenters. The molecule has 124 valence electrons. The summed E-state index contributed by atoms with van der Waals surface area (Å²) >= 11 is 0. The van der Waals surface area contributed by atoms with E-state index in [4.69, 9.17) is 9.47 Å². The fourth-order valence-corrected chi connectivity index (χ4v) is 2.30. The summed E-state index contributed by atoms with van der Waals surface area (Å²) in [4.78, 5) is 12.2. The van der Waals surface area contributed by atoms with Crippen LogP contribution in [0.15, 0.2) is 42.2 Å². The predicted molar refractivity (Wildman–Crippen MR) is 80.7 cm³/mol. The lowest BCUT2D eigenvalue weighted by Crippen LogP contribution is -2.04. The first kappa shape index (κ1) is 15.8. The number of fused-ring (bicyclic) bond motifs is 1. The zero-order valence-electron chi connectivity index (χ0n) is 12.5. The van der Waals surface area contributed by atoms with E-state index in [-0.39, 0.29) is 34.5 Å². The molecule has 1 aliphatic rings. The number of rotatable bonds is 4. The van der Waals surface area contributed by atoms with Crippen LogP contribution in [0.25, 0.3) is 6.08 Å². The highest BCUT2D eigenvalue weighted by Crippen LogP contribution is 2.35.